The van der Waals surface area contributed by atoms with Crippen molar-refractivity contribution in [2.75, 3.05) is 5.75 Å². The van der Waals surface area contributed by atoms with Crippen molar-refractivity contribution in [2.24, 2.45) is 5.73 Å². The average molecular weight is 440 g/mol. The smallest absolute Gasteiger partial charge is 0.321 e. The van der Waals surface area contributed by atoms with Crippen molar-refractivity contribution in [1.29, 1.82) is 0 Å². The fourth-order valence-electron chi connectivity index (χ4n) is 2.47. The summed E-state index contributed by atoms with van der Waals surface area (Å²) in [5.41, 5.74) is 5.54. The summed E-state index contributed by atoms with van der Waals surface area (Å²) in [5, 5.41) is 27.6. The van der Waals surface area contributed by atoms with Crippen molar-refractivity contribution in [2.45, 2.75) is 75.7 Å². The summed E-state index contributed by atoms with van der Waals surface area (Å²) in [5.74, 6) is -1.83. The second kappa shape index (κ2) is 19.2. The molecule has 0 aliphatic heterocycles. The van der Waals surface area contributed by atoms with Crippen LogP contribution < -0.4 is 5.73 Å². The van der Waals surface area contributed by atoms with Crippen LogP contribution in [0.3, 0.4) is 0 Å². The molecule has 0 radical (unpaired) electrons. The highest BCUT2D eigenvalue weighted by Crippen LogP contribution is 2.21. The van der Waals surface area contributed by atoms with Crippen molar-refractivity contribution in [1.82, 2.24) is 0 Å². The Hall–Kier alpha value is -1.83. The maximum absolute atomic E-state index is 10.9. The van der Waals surface area contributed by atoms with Gasteiger partial charge in [-0.05, 0) is 32.1 Å². The number of carbonyl (C=O) groups is 2. The quantitative estimate of drug-likeness (QED) is 0.143. The molecule has 2 unspecified atom stereocenters. The highest BCUT2D eigenvalue weighted by molar-refractivity contribution is 8.00. The Bertz CT molecular complexity index is 586. The molecule has 0 heterocycles. The van der Waals surface area contributed by atoms with Gasteiger partial charge in [0.05, 0.1) is 6.10 Å². The molecule has 0 amide bonds. The molecule has 0 saturated carbocycles. The molecule has 0 aromatic carbocycles. The largest absolute Gasteiger partial charge is 0.481 e. The molecule has 0 aliphatic rings. The third-order valence-electron chi connectivity index (χ3n) is 4.24. The molecule has 0 aromatic heterocycles. The lowest BCUT2D eigenvalue weighted by atomic mass is 10.1. The number of carboxylic acid groups (broad SMARTS) is 2. The van der Waals surface area contributed by atoms with Gasteiger partial charge in [-0.25, -0.2) is 0 Å². The number of carboxylic acids is 2. The van der Waals surface area contributed by atoms with E-state index in [1.807, 2.05) is 18.2 Å². The molecule has 170 valence electrons. The van der Waals surface area contributed by atoms with E-state index in [1.165, 1.54) is 31.0 Å². The average Bonchev–Trinajstić information content (AvgIpc) is 2.70. The minimum atomic E-state index is -1.09. The van der Waals surface area contributed by atoms with Crippen LogP contribution in [0.2, 0.25) is 0 Å². The van der Waals surface area contributed by atoms with Crippen LogP contribution in [0, 0.1) is 0 Å². The van der Waals surface area contributed by atoms with Crippen LogP contribution in [-0.2, 0) is 9.59 Å². The first-order valence-electron chi connectivity index (χ1n) is 10.5. The monoisotopic (exact) mass is 439 g/mol. The van der Waals surface area contributed by atoms with E-state index in [0.717, 1.165) is 12.8 Å². The molecule has 0 aliphatic carbocycles. The van der Waals surface area contributed by atoms with E-state index in [-0.39, 0.29) is 17.4 Å². The molecule has 0 saturated heterocycles. The van der Waals surface area contributed by atoms with Crippen LogP contribution in [-0.4, -0.2) is 50.4 Å². The summed E-state index contributed by atoms with van der Waals surface area (Å²) >= 11 is 1.26. The second-order valence-electron chi connectivity index (χ2n) is 7.00. The van der Waals surface area contributed by atoms with Gasteiger partial charge < -0.3 is 21.1 Å². The Labute approximate surface area is 184 Å². The Morgan fingerprint density at radius 2 is 1.73 bits per heavy atom. The SMILES string of the molecule is CCCCC/C=C\C\C=C/C=C/C=C/C(SC[C@H](N)C(=O)O)C(O)CCCC(=O)O. The minimum Gasteiger partial charge on any atom is -0.481 e. The molecular weight excluding hydrogens is 402 g/mol. The maximum Gasteiger partial charge on any atom is 0.321 e. The number of thioether (sulfide) groups is 1. The van der Waals surface area contributed by atoms with Crippen LogP contribution >= 0.6 is 11.8 Å². The van der Waals surface area contributed by atoms with E-state index in [4.69, 9.17) is 15.9 Å². The Morgan fingerprint density at radius 3 is 2.40 bits per heavy atom. The van der Waals surface area contributed by atoms with Gasteiger partial charge in [-0.3, -0.25) is 9.59 Å². The lowest BCUT2D eigenvalue weighted by Crippen LogP contribution is -2.34. The summed E-state index contributed by atoms with van der Waals surface area (Å²) in [7, 11) is 0. The van der Waals surface area contributed by atoms with Crippen molar-refractivity contribution in [3.8, 4) is 0 Å². The Kier molecular flexibility index (Phi) is 18.0. The number of allylic oxidation sites excluding steroid dienone is 7. The lowest BCUT2D eigenvalue weighted by molar-refractivity contribution is -0.138. The van der Waals surface area contributed by atoms with Gasteiger partial charge in [-0.1, -0.05) is 68.4 Å². The first kappa shape index (κ1) is 28.2. The number of unbranched alkanes of at least 4 members (excludes halogenated alkanes) is 3. The third-order valence-corrected chi connectivity index (χ3v) is 5.65. The topological polar surface area (TPSA) is 121 Å². The number of nitrogens with two attached hydrogens (primary N) is 1. The van der Waals surface area contributed by atoms with E-state index in [0.29, 0.717) is 12.8 Å². The van der Waals surface area contributed by atoms with Crippen molar-refractivity contribution >= 4 is 23.7 Å². The lowest BCUT2D eigenvalue weighted by Gasteiger charge is -2.20. The van der Waals surface area contributed by atoms with E-state index >= 15 is 0 Å². The summed E-state index contributed by atoms with van der Waals surface area (Å²) in [6.07, 6.45) is 21.3. The predicted molar refractivity (Wildman–Crippen MR) is 125 cm³/mol. The van der Waals surface area contributed by atoms with E-state index in [1.54, 1.807) is 12.2 Å². The van der Waals surface area contributed by atoms with Gasteiger partial charge in [0.15, 0.2) is 0 Å². The van der Waals surface area contributed by atoms with Crippen molar-refractivity contribution < 1.29 is 24.9 Å². The number of aliphatic carboxylic acids is 2. The van der Waals surface area contributed by atoms with Gasteiger partial charge >= 0.3 is 11.9 Å². The molecule has 0 fully saturated rings. The predicted octanol–water partition coefficient (Wildman–Crippen LogP) is 4.31. The zero-order valence-electron chi connectivity index (χ0n) is 17.9. The van der Waals surface area contributed by atoms with Gasteiger partial charge in [0.1, 0.15) is 6.04 Å². The summed E-state index contributed by atoms with van der Waals surface area (Å²) in [4.78, 5) is 21.5. The minimum absolute atomic E-state index is 0.00938. The molecule has 6 nitrogen and oxygen atoms in total. The number of aliphatic hydroxyl groups is 1. The van der Waals surface area contributed by atoms with Crippen LogP contribution in [0.1, 0.15) is 58.3 Å². The third kappa shape index (κ3) is 17.1. The van der Waals surface area contributed by atoms with Gasteiger partial charge in [-0.2, -0.15) is 0 Å². The first-order valence-corrected chi connectivity index (χ1v) is 11.6. The van der Waals surface area contributed by atoms with E-state index < -0.39 is 24.1 Å². The highest BCUT2D eigenvalue weighted by atomic mass is 32.2. The zero-order chi connectivity index (χ0) is 22.6. The van der Waals surface area contributed by atoms with Crippen LogP contribution in [0.5, 0.6) is 0 Å². The highest BCUT2D eigenvalue weighted by Gasteiger charge is 2.20. The fraction of sp³-hybridized carbons (Fsp3) is 0.565. The molecule has 0 spiro atoms. The van der Waals surface area contributed by atoms with Crippen LogP contribution in [0.4, 0.5) is 0 Å². The van der Waals surface area contributed by atoms with Gasteiger partial charge in [0.25, 0.3) is 0 Å². The van der Waals surface area contributed by atoms with Crippen LogP contribution in [0.15, 0.2) is 48.6 Å². The van der Waals surface area contributed by atoms with Gasteiger partial charge in [0.2, 0.25) is 0 Å². The summed E-state index contributed by atoms with van der Waals surface area (Å²) < 4.78 is 0. The fourth-order valence-corrected chi connectivity index (χ4v) is 3.60. The van der Waals surface area contributed by atoms with Crippen molar-refractivity contribution in [3.63, 3.8) is 0 Å². The molecule has 0 rings (SSSR count). The summed E-state index contributed by atoms with van der Waals surface area (Å²) in [6, 6.07) is -1.01. The molecule has 0 aromatic rings. The van der Waals surface area contributed by atoms with E-state index in [2.05, 4.69) is 25.2 Å². The molecule has 30 heavy (non-hydrogen) atoms. The maximum atomic E-state index is 10.9. The normalized spacial score (nSPS) is 15.4. The molecule has 0 bridgehead atoms. The van der Waals surface area contributed by atoms with E-state index in [9.17, 15) is 14.7 Å². The van der Waals surface area contributed by atoms with Crippen molar-refractivity contribution in [3.05, 3.63) is 48.6 Å². The number of rotatable bonds is 18. The summed E-state index contributed by atoms with van der Waals surface area (Å²) in [6.45, 7) is 2.19. The number of aliphatic hydroxyl groups excluding tert-OH is 1. The standard InChI is InChI=1S/C23H37NO5S/c1-2-3-4-5-6-7-8-9-10-11-12-13-16-21(30-18-19(24)23(28)29)20(25)15-14-17-22(26)27/h6-7,9-13,16,19-21,25H,2-5,8,14-15,17-18,24H2,1H3,(H,26,27)(H,28,29)/b7-6-,10-9-,12-11+,16-13+/t19-,20?,21?/m0/s1. The zero-order valence-corrected chi connectivity index (χ0v) is 18.7. The second-order valence-corrected chi connectivity index (χ2v) is 8.21. The van der Waals surface area contributed by atoms with Gasteiger partial charge in [0, 0.05) is 17.4 Å². The first-order chi connectivity index (χ1) is 14.4. The molecule has 3 atom stereocenters. The van der Waals surface area contributed by atoms with Crippen LogP contribution in [0.25, 0.3) is 0 Å². The molecular formula is C23H37NO5S. The molecule has 5 N–H and O–H groups in total. The molecule has 7 heteroatoms. The Balaban J connectivity index is 4.51. The number of hydrogen-bond donors (Lipinski definition) is 4. The Morgan fingerprint density at radius 1 is 1.00 bits per heavy atom. The van der Waals surface area contributed by atoms with Gasteiger partial charge in [-0.15, -0.1) is 11.8 Å². The number of hydrogen-bond acceptors (Lipinski definition) is 5.